The van der Waals surface area contributed by atoms with E-state index in [0.717, 1.165) is 42.8 Å². The number of methoxy groups -OCH3 is 1. The van der Waals surface area contributed by atoms with Crippen molar-refractivity contribution in [2.24, 2.45) is 4.99 Å². The van der Waals surface area contributed by atoms with Crippen molar-refractivity contribution in [2.75, 3.05) is 38.7 Å². The highest BCUT2D eigenvalue weighted by molar-refractivity contribution is 6.32. The molecule has 2 aromatic rings. The Bertz CT molecular complexity index is 832. The van der Waals surface area contributed by atoms with Crippen molar-refractivity contribution in [1.29, 1.82) is 0 Å². The highest BCUT2D eigenvalue weighted by Crippen LogP contribution is 2.27. The Morgan fingerprint density at radius 3 is 2.83 bits per heavy atom. The average Bonchev–Trinajstić information content (AvgIpc) is 3.20. The SMILES string of the molecule is CN=C(NCC(C)Oc1ccccc1OC)NC1CCN(c2ncccc2Cl)C1. The fourth-order valence-corrected chi connectivity index (χ4v) is 3.52. The molecule has 1 fully saturated rings. The summed E-state index contributed by atoms with van der Waals surface area (Å²) in [5, 5.41) is 7.48. The molecule has 1 aliphatic rings. The lowest BCUT2D eigenvalue weighted by atomic mass is 10.3. The van der Waals surface area contributed by atoms with Crippen LogP contribution in [0.4, 0.5) is 5.82 Å². The standard InChI is InChI=1S/C21H28ClN5O2/c1-15(29-19-9-5-4-8-18(19)28-3)13-25-21(23-2)26-16-10-12-27(14-16)20-17(22)7-6-11-24-20/h4-9,11,15-16H,10,12-14H2,1-3H3,(H2,23,25,26). The van der Waals surface area contributed by atoms with Crippen LogP contribution in [0, 0.1) is 0 Å². The van der Waals surface area contributed by atoms with Gasteiger partial charge in [0.25, 0.3) is 0 Å². The van der Waals surface area contributed by atoms with E-state index in [1.165, 1.54) is 0 Å². The van der Waals surface area contributed by atoms with E-state index in [0.29, 0.717) is 11.6 Å². The molecule has 156 valence electrons. The molecular formula is C21H28ClN5O2. The topological polar surface area (TPSA) is 71.0 Å². The quantitative estimate of drug-likeness (QED) is 0.533. The lowest BCUT2D eigenvalue weighted by Crippen LogP contribution is -2.47. The maximum Gasteiger partial charge on any atom is 0.191 e. The molecule has 2 unspecified atom stereocenters. The van der Waals surface area contributed by atoms with Gasteiger partial charge in [-0.1, -0.05) is 23.7 Å². The van der Waals surface area contributed by atoms with Crippen molar-refractivity contribution in [3.63, 3.8) is 0 Å². The molecule has 1 aromatic carbocycles. The number of hydrogen-bond acceptors (Lipinski definition) is 5. The summed E-state index contributed by atoms with van der Waals surface area (Å²) in [7, 11) is 3.41. The summed E-state index contributed by atoms with van der Waals surface area (Å²) >= 11 is 6.27. The predicted octanol–water partition coefficient (Wildman–Crippen LogP) is 2.95. The van der Waals surface area contributed by atoms with E-state index >= 15 is 0 Å². The van der Waals surface area contributed by atoms with Crippen molar-refractivity contribution < 1.29 is 9.47 Å². The molecule has 0 aliphatic carbocycles. The third kappa shape index (κ3) is 5.67. The Morgan fingerprint density at radius 2 is 2.10 bits per heavy atom. The number of guanidine groups is 1. The van der Waals surface area contributed by atoms with E-state index in [1.54, 1.807) is 20.4 Å². The van der Waals surface area contributed by atoms with Crippen LogP contribution in [-0.2, 0) is 0 Å². The van der Waals surface area contributed by atoms with Gasteiger partial charge < -0.3 is 25.0 Å². The molecule has 1 aromatic heterocycles. The summed E-state index contributed by atoms with van der Waals surface area (Å²) in [6, 6.07) is 11.6. The molecule has 7 nitrogen and oxygen atoms in total. The zero-order valence-electron chi connectivity index (χ0n) is 17.1. The van der Waals surface area contributed by atoms with Gasteiger partial charge in [-0.3, -0.25) is 4.99 Å². The van der Waals surface area contributed by atoms with Crippen LogP contribution >= 0.6 is 11.6 Å². The second-order valence-electron chi connectivity index (χ2n) is 6.92. The van der Waals surface area contributed by atoms with Crippen LogP contribution in [-0.4, -0.2) is 56.9 Å². The van der Waals surface area contributed by atoms with Gasteiger partial charge in [0.2, 0.25) is 0 Å². The minimum Gasteiger partial charge on any atom is -0.493 e. The number of nitrogens with zero attached hydrogens (tertiary/aromatic N) is 3. The minimum atomic E-state index is -0.0581. The molecule has 2 N–H and O–H groups in total. The van der Waals surface area contributed by atoms with Crippen LogP contribution in [0.5, 0.6) is 11.5 Å². The molecule has 1 aliphatic heterocycles. The fourth-order valence-electron chi connectivity index (χ4n) is 3.28. The highest BCUT2D eigenvalue weighted by atomic mass is 35.5. The minimum absolute atomic E-state index is 0.0581. The van der Waals surface area contributed by atoms with Gasteiger partial charge in [0.05, 0.1) is 18.7 Å². The summed E-state index contributed by atoms with van der Waals surface area (Å²) in [5.41, 5.74) is 0. The van der Waals surface area contributed by atoms with Gasteiger partial charge in [-0.15, -0.1) is 0 Å². The highest BCUT2D eigenvalue weighted by Gasteiger charge is 2.25. The maximum absolute atomic E-state index is 6.27. The predicted molar refractivity (Wildman–Crippen MR) is 117 cm³/mol. The molecule has 3 rings (SSSR count). The monoisotopic (exact) mass is 417 g/mol. The average molecular weight is 418 g/mol. The molecule has 0 saturated carbocycles. The summed E-state index contributed by atoms with van der Waals surface area (Å²) in [6.45, 7) is 4.34. The van der Waals surface area contributed by atoms with E-state index in [4.69, 9.17) is 21.1 Å². The Balaban J connectivity index is 1.48. The second kappa shape index (κ2) is 10.2. The van der Waals surface area contributed by atoms with Crippen LogP contribution in [0.2, 0.25) is 5.02 Å². The van der Waals surface area contributed by atoms with Crippen LogP contribution in [0.15, 0.2) is 47.6 Å². The van der Waals surface area contributed by atoms with Gasteiger partial charge >= 0.3 is 0 Å². The van der Waals surface area contributed by atoms with Crippen LogP contribution in [0.25, 0.3) is 0 Å². The van der Waals surface area contributed by atoms with Gasteiger partial charge in [-0.2, -0.15) is 0 Å². The molecule has 8 heteroatoms. The summed E-state index contributed by atoms with van der Waals surface area (Å²) < 4.78 is 11.3. The normalized spacial score (nSPS) is 17.7. The lowest BCUT2D eigenvalue weighted by molar-refractivity contribution is 0.213. The molecule has 0 spiro atoms. The number of aliphatic imine (C=N–C) groups is 1. The Hall–Kier alpha value is -2.67. The largest absolute Gasteiger partial charge is 0.493 e. The van der Waals surface area contributed by atoms with Crippen molar-refractivity contribution in [1.82, 2.24) is 15.6 Å². The van der Waals surface area contributed by atoms with E-state index in [1.807, 2.05) is 43.3 Å². The van der Waals surface area contributed by atoms with E-state index in [-0.39, 0.29) is 12.1 Å². The lowest BCUT2D eigenvalue weighted by Gasteiger charge is -2.22. The third-order valence-corrected chi connectivity index (χ3v) is 5.04. The molecule has 0 radical (unpaired) electrons. The number of benzene rings is 1. The Labute approximate surface area is 177 Å². The number of pyridine rings is 1. The molecule has 29 heavy (non-hydrogen) atoms. The second-order valence-corrected chi connectivity index (χ2v) is 7.32. The van der Waals surface area contributed by atoms with Gasteiger partial charge in [-0.25, -0.2) is 4.98 Å². The Morgan fingerprint density at radius 1 is 1.31 bits per heavy atom. The molecule has 1 saturated heterocycles. The number of rotatable bonds is 7. The summed E-state index contributed by atoms with van der Waals surface area (Å²) in [6.07, 6.45) is 2.70. The zero-order valence-corrected chi connectivity index (χ0v) is 17.8. The van der Waals surface area contributed by atoms with Crippen LogP contribution < -0.4 is 25.0 Å². The third-order valence-electron chi connectivity index (χ3n) is 4.75. The van der Waals surface area contributed by atoms with Gasteiger partial charge in [0, 0.05) is 32.4 Å². The van der Waals surface area contributed by atoms with Gasteiger partial charge in [0.15, 0.2) is 17.5 Å². The first-order valence-electron chi connectivity index (χ1n) is 9.73. The smallest absolute Gasteiger partial charge is 0.191 e. The van der Waals surface area contributed by atoms with Crippen molar-refractivity contribution in [3.05, 3.63) is 47.6 Å². The van der Waals surface area contributed by atoms with Crippen LogP contribution in [0.3, 0.4) is 0 Å². The van der Waals surface area contributed by atoms with Crippen LogP contribution in [0.1, 0.15) is 13.3 Å². The molecule has 2 atom stereocenters. The van der Waals surface area contributed by atoms with E-state index in [9.17, 15) is 0 Å². The first-order valence-corrected chi connectivity index (χ1v) is 10.1. The number of nitrogens with one attached hydrogen (secondary N) is 2. The molecule has 2 heterocycles. The number of aromatic nitrogens is 1. The number of para-hydroxylation sites is 2. The van der Waals surface area contributed by atoms with Crippen molar-refractivity contribution in [3.8, 4) is 11.5 Å². The van der Waals surface area contributed by atoms with Crippen molar-refractivity contribution >= 4 is 23.4 Å². The first-order chi connectivity index (χ1) is 14.1. The number of anilines is 1. The Kier molecular flexibility index (Phi) is 7.41. The first kappa shape index (κ1) is 21.0. The molecule has 0 amide bonds. The molecular weight excluding hydrogens is 390 g/mol. The summed E-state index contributed by atoms with van der Waals surface area (Å²) in [4.78, 5) is 10.9. The van der Waals surface area contributed by atoms with Crippen molar-refractivity contribution in [2.45, 2.75) is 25.5 Å². The zero-order chi connectivity index (χ0) is 20.6. The van der Waals surface area contributed by atoms with Gasteiger partial charge in [-0.05, 0) is 37.6 Å². The fraction of sp³-hybridized carbons (Fsp3) is 0.429. The maximum atomic E-state index is 6.27. The van der Waals surface area contributed by atoms with E-state index < -0.39 is 0 Å². The van der Waals surface area contributed by atoms with Gasteiger partial charge in [0.1, 0.15) is 11.9 Å². The van der Waals surface area contributed by atoms with E-state index in [2.05, 4.69) is 25.5 Å². The molecule has 0 bridgehead atoms. The summed E-state index contributed by atoms with van der Waals surface area (Å²) in [5.74, 6) is 3.03. The number of ether oxygens (including phenoxy) is 2. The number of halogens is 1. The number of hydrogen-bond donors (Lipinski definition) is 2.